The lowest BCUT2D eigenvalue weighted by molar-refractivity contribution is 0.0600. The monoisotopic (exact) mass is 327 g/mol. The van der Waals surface area contributed by atoms with Crippen LogP contribution in [0.2, 0.25) is 0 Å². The molecule has 0 aliphatic rings. The van der Waals surface area contributed by atoms with Gasteiger partial charge in [0, 0.05) is 32.2 Å². The predicted molar refractivity (Wildman–Crippen MR) is 89.6 cm³/mol. The van der Waals surface area contributed by atoms with Crippen LogP contribution in [0.5, 0.6) is 0 Å². The molecule has 0 atom stereocenters. The molecule has 0 aliphatic carbocycles. The van der Waals surface area contributed by atoms with Gasteiger partial charge >= 0.3 is 5.97 Å². The Kier molecular flexibility index (Phi) is 4.11. The third kappa shape index (κ3) is 3.16. The first kappa shape index (κ1) is 16.2. The van der Waals surface area contributed by atoms with Crippen molar-refractivity contribution in [3.8, 4) is 0 Å². The van der Waals surface area contributed by atoms with Crippen LogP contribution in [-0.4, -0.2) is 32.2 Å². The van der Waals surface area contributed by atoms with Crippen molar-refractivity contribution < 1.29 is 9.53 Å². The number of rotatable bonds is 5. The average molecular weight is 327 g/mol. The number of aromatic nitrogens is 4. The van der Waals surface area contributed by atoms with Crippen molar-refractivity contribution in [2.45, 2.75) is 25.9 Å². The van der Waals surface area contributed by atoms with Gasteiger partial charge in [-0.05, 0) is 32.0 Å². The zero-order valence-electron chi connectivity index (χ0n) is 14.3. The van der Waals surface area contributed by atoms with E-state index in [1.54, 1.807) is 23.0 Å². The molecule has 0 aromatic carbocycles. The highest BCUT2D eigenvalue weighted by Crippen LogP contribution is 2.18. The normalized spacial score (nSPS) is 11.8. The molecule has 0 aliphatic heterocycles. The highest BCUT2D eigenvalue weighted by atomic mass is 16.5. The van der Waals surface area contributed by atoms with E-state index in [1.165, 1.54) is 7.11 Å². The summed E-state index contributed by atoms with van der Waals surface area (Å²) in [4.78, 5) is 16.2. The molecule has 0 saturated carbocycles. The van der Waals surface area contributed by atoms with E-state index < -0.39 is 0 Å². The molecule has 7 heteroatoms. The van der Waals surface area contributed by atoms with Gasteiger partial charge in [-0.15, -0.1) is 0 Å². The maximum Gasteiger partial charge on any atom is 0.339 e. The molecule has 7 nitrogen and oxygen atoms in total. The number of carbonyl (C=O) groups excluding carboxylic acids is 1. The molecule has 0 fully saturated rings. The van der Waals surface area contributed by atoms with Gasteiger partial charge < -0.3 is 14.5 Å². The fraction of sp³-hybridized carbons (Fsp3) is 0.353. The summed E-state index contributed by atoms with van der Waals surface area (Å²) in [6.45, 7) is 4.76. The topological polar surface area (TPSA) is 73.4 Å². The Balaban J connectivity index is 1.77. The number of nitrogens with zero attached hydrogens (tertiary/aromatic N) is 4. The van der Waals surface area contributed by atoms with Crippen molar-refractivity contribution in [3.05, 3.63) is 53.7 Å². The SMILES string of the molecule is COC(=O)c1ccc2nc(CNC(C)(C)c3ccn(C)n3)cn2c1. The molecular formula is C17H21N5O2. The maximum atomic E-state index is 11.6. The van der Waals surface area contributed by atoms with E-state index in [1.807, 2.05) is 29.9 Å². The van der Waals surface area contributed by atoms with Crippen LogP contribution in [0.15, 0.2) is 36.8 Å². The van der Waals surface area contributed by atoms with Gasteiger partial charge in [0.2, 0.25) is 0 Å². The number of pyridine rings is 1. The van der Waals surface area contributed by atoms with Crippen LogP contribution in [0.3, 0.4) is 0 Å². The predicted octanol–water partition coefficient (Wildman–Crippen LogP) is 1.88. The van der Waals surface area contributed by atoms with Crippen molar-refractivity contribution in [3.63, 3.8) is 0 Å². The molecule has 3 aromatic heterocycles. The first-order chi connectivity index (χ1) is 11.4. The molecular weight excluding hydrogens is 306 g/mol. The summed E-state index contributed by atoms with van der Waals surface area (Å²) in [6.07, 6.45) is 5.56. The molecule has 1 N–H and O–H groups in total. The Bertz CT molecular complexity index is 878. The smallest absolute Gasteiger partial charge is 0.339 e. The van der Waals surface area contributed by atoms with E-state index in [0.717, 1.165) is 17.0 Å². The van der Waals surface area contributed by atoms with Gasteiger partial charge in [0.05, 0.1) is 29.6 Å². The summed E-state index contributed by atoms with van der Waals surface area (Å²) in [7, 11) is 3.27. The van der Waals surface area contributed by atoms with Crippen LogP contribution in [0.4, 0.5) is 0 Å². The minimum absolute atomic E-state index is 0.270. The summed E-state index contributed by atoms with van der Waals surface area (Å²) in [6, 6.07) is 5.52. The van der Waals surface area contributed by atoms with Crippen molar-refractivity contribution in [2.24, 2.45) is 7.05 Å². The number of hydrogen-bond acceptors (Lipinski definition) is 5. The van der Waals surface area contributed by atoms with Gasteiger partial charge in [-0.1, -0.05) is 0 Å². The van der Waals surface area contributed by atoms with E-state index in [4.69, 9.17) is 4.74 Å². The van der Waals surface area contributed by atoms with Crippen LogP contribution in [0.1, 0.15) is 35.6 Å². The zero-order valence-corrected chi connectivity index (χ0v) is 14.3. The lowest BCUT2D eigenvalue weighted by Gasteiger charge is -2.23. The Morgan fingerprint density at radius 2 is 2.08 bits per heavy atom. The Morgan fingerprint density at radius 3 is 2.75 bits per heavy atom. The van der Waals surface area contributed by atoms with Gasteiger partial charge in [0.1, 0.15) is 5.65 Å². The molecule has 0 spiro atoms. The van der Waals surface area contributed by atoms with E-state index in [9.17, 15) is 4.79 Å². The number of aryl methyl sites for hydroxylation is 1. The summed E-state index contributed by atoms with van der Waals surface area (Å²) in [5.41, 5.74) is 2.88. The third-order valence-electron chi connectivity index (χ3n) is 3.99. The highest BCUT2D eigenvalue weighted by Gasteiger charge is 2.22. The molecule has 3 rings (SSSR count). The van der Waals surface area contributed by atoms with Crippen LogP contribution in [0, 0.1) is 0 Å². The molecule has 0 amide bonds. The largest absolute Gasteiger partial charge is 0.465 e. The lowest BCUT2D eigenvalue weighted by atomic mass is 10.0. The van der Waals surface area contributed by atoms with Crippen molar-refractivity contribution in [2.75, 3.05) is 7.11 Å². The molecule has 0 bridgehead atoms. The number of methoxy groups -OCH3 is 1. The fourth-order valence-electron chi connectivity index (χ4n) is 2.52. The van der Waals surface area contributed by atoms with Crippen molar-refractivity contribution in [1.82, 2.24) is 24.5 Å². The number of carbonyl (C=O) groups is 1. The quantitative estimate of drug-likeness (QED) is 0.724. The maximum absolute atomic E-state index is 11.6. The summed E-state index contributed by atoms with van der Waals surface area (Å²) in [5.74, 6) is -0.360. The number of nitrogens with one attached hydrogen (secondary N) is 1. The van der Waals surface area contributed by atoms with Crippen LogP contribution in [-0.2, 0) is 23.9 Å². The van der Waals surface area contributed by atoms with E-state index >= 15 is 0 Å². The number of esters is 1. The summed E-state index contributed by atoms with van der Waals surface area (Å²) < 4.78 is 8.36. The Hall–Kier alpha value is -2.67. The molecule has 0 saturated heterocycles. The van der Waals surface area contributed by atoms with Gasteiger partial charge in [0.15, 0.2) is 0 Å². The van der Waals surface area contributed by atoms with Gasteiger partial charge in [-0.25, -0.2) is 9.78 Å². The zero-order chi connectivity index (χ0) is 17.3. The van der Waals surface area contributed by atoms with Gasteiger partial charge in [-0.3, -0.25) is 4.68 Å². The number of ether oxygens (including phenoxy) is 1. The molecule has 24 heavy (non-hydrogen) atoms. The van der Waals surface area contributed by atoms with E-state index in [0.29, 0.717) is 12.1 Å². The first-order valence-electron chi connectivity index (χ1n) is 7.70. The van der Waals surface area contributed by atoms with E-state index in [2.05, 4.69) is 29.2 Å². The fourth-order valence-corrected chi connectivity index (χ4v) is 2.52. The molecule has 0 unspecified atom stereocenters. The second-order valence-corrected chi connectivity index (χ2v) is 6.26. The Labute approximate surface area is 140 Å². The number of fused-ring (bicyclic) bond motifs is 1. The standard InChI is InChI=1S/C17H21N5O2/c1-17(2,14-7-8-21(3)20-14)18-9-13-11-22-10-12(16(23)24-4)5-6-15(22)19-13/h5-8,10-11,18H,9H2,1-4H3. The second-order valence-electron chi connectivity index (χ2n) is 6.26. The second kappa shape index (κ2) is 6.09. The molecule has 3 heterocycles. The summed E-state index contributed by atoms with van der Waals surface area (Å²) >= 11 is 0. The highest BCUT2D eigenvalue weighted by molar-refractivity contribution is 5.89. The number of imidazole rings is 1. The first-order valence-corrected chi connectivity index (χ1v) is 7.70. The van der Waals surface area contributed by atoms with Crippen LogP contribution in [0.25, 0.3) is 5.65 Å². The molecule has 0 radical (unpaired) electrons. The van der Waals surface area contributed by atoms with Crippen LogP contribution < -0.4 is 5.32 Å². The molecule has 3 aromatic rings. The van der Waals surface area contributed by atoms with Gasteiger partial charge in [0.25, 0.3) is 0 Å². The Morgan fingerprint density at radius 1 is 1.29 bits per heavy atom. The average Bonchev–Trinajstić information content (AvgIpc) is 3.17. The summed E-state index contributed by atoms with van der Waals surface area (Å²) in [5, 5.41) is 7.93. The number of hydrogen-bond donors (Lipinski definition) is 1. The minimum atomic E-state index is -0.360. The van der Waals surface area contributed by atoms with Crippen molar-refractivity contribution in [1.29, 1.82) is 0 Å². The third-order valence-corrected chi connectivity index (χ3v) is 3.99. The van der Waals surface area contributed by atoms with E-state index in [-0.39, 0.29) is 11.5 Å². The van der Waals surface area contributed by atoms with Gasteiger partial charge in [-0.2, -0.15) is 5.10 Å². The minimum Gasteiger partial charge on any atom is -0.465 e. The molecule has 126 valence electrons. The lowest BCUT2D eigenvalue weighted by Crippen LogP contribution is -2.36. The van der Waals surface area contributed by atoms with Crippen LogP contribution >= 0.6 is 0 Å². The van der Waals surface area contributed by atoms with Crippen molar-refractivity contribution >= 4 is 11.6 Å².